The summed E-state index contributed by atoms with van der Waals surface area (Å²) in [5.74, 6) is 0.290. The number of H-pyrrole nitrogens is 1. The van der Waals surface area contributed by atoms with Crippen LogP contribution in [-0.4, -0.2) is 42.2 Å². The van der Waals surface area contributed by atoms with Crippen molar-refractivity contribution in [3.8, 4) is 0 Å². The molecular weight excluding hydrogens is 420 g/mol. The van der Waals surface area contributed by atoms with Gasteiger partial charge in [-0.3, -0.25) is 24.5 Å². The third-order valence-electron chi connectivity index (χ3n) is 5.01. The Hall–Kier alpha value is -2.69. The highest BCUT2D eigenvalue weighted by atomic mass is 32.2. The van der Waals surface area contributed by atoms with Crippen LogP contribution in [-0.2, 0) is 4.79 Å². The van der Waals surface area contributed by atoms with Gasteiger partial charge in [0.05, 0.1) is 5.25 Å². The number of hydrogen-bond donors (Lipinski definition) is 3. The molecule has 3 N–H and O–H groups in total. The van der Waals surface area contributed by atoms with Crippen LogP contribution in [0, 0.1) is 0 Å². The highest BCUT2D eigenvalue weighted by Gasteiger charge is 2.33. The Kier molecular flexibility index (Phi) is 5.40. The van der Waals surface area contributed by atoms with Gasteiger partial charge in [-0.25, -0.2) is 19.6 Å². The minimum absolute atomic E-state index is 0.0217. The molecule has 166 valence electrons. The normalized spacial score (nSPS) is 17.4. The molecule has 11 heteroatoms. The zero-order valence-electron chi connectivity index (χ0n) is 17.9. The number of fused-ring (bicyclic) bond motifs is 1. The number of aromatic nitrogens is 4. The molecule has 2 fully saturated rings. The lowest BCUT2D eigenvalue weighted by molar-refractivity contribution is -0.119. The van der Waals surface area contributed by atoms with Crippen molar-refractivity contribution < 1.29 is 9.59 Å². The quantitative estimate of drug-likeness (QED) is 0.470. The monoisotopic (exact) mass is 446 g/mol. The van der Waals surface area contributed by atoms with E-state index in [1.807, 2.05) is 20.8 Å². The molecule has 1 unspecified atom stereocenters. The Morgan fingerprint density at radius 2 is 1.84 bits per heavy atom. The van der Waals surface area contributed by atoms with Gasteiger partial charge in [0.25, 0.3) is 5.56 Å². The predicted octanol–water partition coefficient (Wildman–Crippen LogP) is 1.80. The maximum Gasteiger partial charge on any atom is 0.330 e. The molecule has 0 spiro atoms. The number of nitrogens with one attached hydrogen (secondary N) is 3. The van der Waals surface area contributed by atoms with Crippen LogP contribution >= 0.6 is 11.8 Å². The van der Waals surface area contributed by atoms with Gasteiger partial charge in [-0.2, -0.15) is 0 Å². The van der Waals surface area contributed by atoms with Crippen LogP contribution in [0.15, 0.2) is 14.6 Å². The molecule has 0 bridgehead atoms. The first kappa shape index (κ1) is 21.5. The number of hydrogen-bond acceptors (Lipinski definition) is 7. The minimum atomic E-state index is -0.698. The number of nitrogens with zero attached hydrogens (tertiary/aromatic N) is 3. The molecule has 4 rings (SSSR count). The smallest absolute Gasteiger partial charge is 0.330 e. The van der Waals surface area contributed by atoms with Crippen molar-refractivity contribution in [2.24, 2.45) is 0 Å². The first-order valence-electron chi connectivity index (χ1n) is 10.4. The highest BCUT2D eigenvalue weighted by molar-refractivity contribution is 8.00. The van der Waals surface area contributed by atoms with Gasteiger partial charge in [0.1, 0.15) is 16.2 Å². The molecule has 10 nitrogen and oxygen atoms in total. The zero-order valence-corrected chi connectivity index (χ0v) is 18.8. The molecule has 31 heavy (non-hydrogen) atoms. The summed E-state index contributed by atoms with van der Waals surface area (Å²) >= 11 is 1.08. The summed E-state index contributed by atoms with van der Waals surface area (Å²) in [6.07, 6.45) is 3.62. The van der Waals surface area contributed by atoms with E-state index >= 15 is 0 Å². The summed E-state index contributed by atoms with van der Waals surface area (Å²) in [5.41, 5.74) is -1.20. The van der Waals surface area contributed by atoms with Gasteiger partial charge in [0.2, 0.25) is 5.91 Å². The Bertz CT molecular complexity index is 1170. The molecule has 1 atom stereocenters. The summed E-state index contributed by atoms with van der Waals surface area (Å²) in [6, 6.07) is -0.565. The highest BCUT2D eigenvalue weighted by Crippen LogP contribution is 2.41. The third-order valence-corrected chi connectivity index (χ3v) is 6.09. The van der Waals surface area contributed by atoms with Crippen LogP contribution in [0.2, 0.25) is 0 Å². The number of carbonyl (C=O) groups is 2. The second kappa shape index (κ2) is 7.77. The van der Waals surface area contributed by atoms with Gasteiger partial charge in [0, 0.05) is 17.5 Å². The predicted molar refractivity (Wildman–Crippen MR) is 116 cm³/mol. The summed E-state index contributed by atoms with van der Waals surface area (Å²) in [7, 11) is 0. The van der Waals surface area contributed by atoms with Gasteiger partial charge >= 0.3 is 11.7 Å². The molecule has 0 saturated heterocycles. The summed E-state index contributed by atoms with van der Waals surface area (Å²) < 4.78 is 1.54. The number of amides is 3. The van der Waals surface area contributed by atoms with E-state index in [1.165, 1.54) is 4.57 Å². The number of urea groups is 1. The Labute approximate surface area is 182 Å². The van der Waals surface area contributed by atoms with Crippen LogP contribution in [0.1, 0.15) is 71.2 Å². The van der Waals surface area contributed by atoms with Crippen LogP contribution < -0.4 is 21.9 Å². The fraction of sp³-hybridized carbons (Fsp3) is 0.600. The largest absolute Gasteiger partial charge is 0.333 e. The average molecular weight is 447 g/mol. The molecule has 3 amide bonds. The van der Waals surface area contributed by atoms with E-state index in [4.69, 9.17) is 0 Å². The number of thioether (sulfide) groups is 1. The molecular formula is C20H26N6O4S. The van der Waals surface area contributed by atoms with Gasteiger partial charge in [-0.05, 0) is 53.4 Å². The molecule has 2 aliphatic rings. The van der Waals surface area contributed by atoms with E-state index in [-0.39, 0.29) is 17.3 Å². The van der Waals surface area contributed by atoms with Gasteiger partial charge < -0.3 is 5.32 Å². The molecule has 2 aromatic rings. The summed E-state index contributed by atoms with van der Waals surface area (Å²) in [6.45, 7) is 7.08. The lowest BCUT2D eigenvalue weighted by Crippen LogP contribution is -2.49. The van der Waals surface area contributed by atoms with E-state index < -0.39 is 34.0 Å². The lowest BCUT2D eigenvalue weighted by Gasteiger charge is -2.21. The minimum Gasteiger partial charge on any atom is -0.333 e. The molecule has 2 saturated carbocycles. The van der Waals surface area contributed by atoms with Crippen molar-refractivity contribution in [3.05, 3.63) is 26.7 Å². The van der Waals surface area contributed by atoms with Crippen molar-refractivity contribution in [1.29, 1.82) is 0 Å². The number of imide groups is 1. The summed E-state index contributed by atoms with van der Waals surface area (Å²) in [4.78, 5) is 61.2. The second-order valence-electron chi connectivity index (χ2n) is 9.17. The molecule has 2 aliphatic carbocycles. The Balaban J connectivity index is 1.68. The molecule has 0 radical (unpaired) electrons. The number of carbonyl (C=O) groups excluding carboxylic acids is 2. The fourth-order valence-corrected chi connectivity index (χ4v) is 4.17. The van der Waals surface area contributed by atoms with Crippen molar-refractivity contribution in [2.45, 2.75) is 81.2 Å². The maximum atomic E-state index is 12.7. The molecule has 2 heterocycles. The third kappa shape index (κ3) is 4.81. The molecule has 0 aliphatic heterocycles. The van der Waals surface area contributed by atoms with Crippen LogP contribution in [0.4, 0.5) is 4.79 Å². The van der Waals surface area contributed by atoms with Crippen LogP contribution in [0.25, 0.3) is 11.0 Å². The van der Waals surface area contributed by atoms with E-state index in [0.717, 1.165) is 37.4 Å². The standard InChI is InChI=1S/C20H26N6O4S/c1-9(15(27)23-18(29)25-20(2,3)4)31-17-12-14(21-13(22-17)10-5-6-10)26(11-7-8-11)19(30)24-16(12)28/h9-11H,5-8H2,1-4H3,(H,24,28,30)(H2,23,25,27,29). The SMILES string of the molecule is CC(Sc1nc(C2CC2)nc2c1c(=O)[nH]c(=O)n2C1CC1)C(=O)NC(=O)NC(C)(C)C. The fourth-order valence-electron chi connectivity index (χ4n) is 3.22. The first-order valence-corrected chi connectivity index (χ1v) is 11.3. The Morgan fingerprint density at radius 1 is 1.16 bits per heavy atom. The number of aromatic amines is 1. The molecule has 2 aromatic heterocycles. The van der Waals surface area contributed by atoms with Crippen molar-refractivity contribution in [3.63, 3.8) is 0 Å². The first-order chi connectivity index (χ1) is 14.5. The van der Waals surface area contributed by atoms with E-state index in [1.54, 1.807) is 6.92 Å². The van der Waals surface area contributed by atoms with Crippen molar-refractivity contribution >= 4 is 34.7 Å². The second-order valence-corrected chi connectivity index (χ2v) is 10.5. The van der Waals surface area contributed by atoms with E-state index in [9.17, 15) is 19.2 Å². The maximum absolute atomic E-state index is 12.7. The average Bonchev–Trinajstić information content (AvgIpc) is 3.51. The lowest BCUT2D eigenvalue weighted by atomic mass is 10.1. The van der Waals surface area contributed by atoms with Crippen LogP contribution in [0.5, 0.6) is 0 Å². The number of rotatable bonds is 5. The van der Waals surface area contributed by atoms with Gasteiger partial charge in [-0.15, -0.1) is 0 Å². The van der Waals surface area contributed by atoms with Crippen LogP contribution in [0.3, 0.4) is 0 Å². The van der Waals surface area contributed by atoms with E-state index in [0.29, 0.717) is 16.5 Å². The van der Waals surface area contributed by atoms with Crippen molar-refractivity contribution in [1.82, 2.24) is 30.2 Å². The zero-order chi connectivity index (χ0) is 22.5. The van der Waals surface area contributed by atoms with E-state index in [2.05, 4.69) is 25.6 Å². The van der Waals surface area contributed by atoms with Gasteiger partial charge in [-0.1, -0.05) is 11.8 Å². The van der Waals surface area contributed by atoms with Crippen molar-refractivity contribution in [2.75, 3.05) is 0 Å². The summed E-state index contributed by atoms with van der Waals surface area (Å²) in [5, 5.41) is 4.86. The molecule has 0 aromatic carbocycles. The topological polar surface area (TPSA) is 139 Å². The Morgan fingerprint density at radius 3 is 2.42 bits per heavy atom. The van der Waals surface area contributed by atoms with Gasteiger partial charge in [0.15, 0.2) is 5.65 Å².